The van der Waals surface area contributed by atoms with E-state index in [0.717, 1.165) is 87.3 Å². The van der Waals surface area contributed by atoms with Crippen molar-refractivity contribution in [2.45, 2.75) is 296 Å². The molecule has 0 spiro atoms. The third-order valence-electron chi connectivity index (χ3n) is 24.9. The Morgan fingerprint density at radius 2 is 0.683 bits per heavy atom. The quantitative estimate of drug-likeness (QED) is 0.0662. The van der Waals surface area contributed by atoms with Crippen LogP contribution in [0.4, 0.5) is 0 Å². The standard InChI is InChI=1S/C18H24O2.C14H15ClO.C14H16O2.C12H13Br.C12H13ClO.C12H12O.C12H14/c1-18(2,3)20-17(19)11-16-14-8-4-6-12(14)10-13-7-5-9-15(13)16;2*15-14(16)8-13-11-5-1-3-9(11)7-10-4-2-6-12(10)13;13-12-10-5-1-3-8(10)7-9-4-2-6-11(9)12;13-7-6-12(14)11-5-4-9-2-1-3-10(9)8-11;13-12-5-4-10-6-8-2-1-3-9(8)7-11(10)12;1-3-9-7-11-5-2-6-12(11)8-10(9)4-1/h10H,4-9,11H2,1-3H3;7H,1-6,8H2;7H,1-6,8H2,(H,15,16);7H,1-6H2;4-5,8H,1-3,6-7H2;6-7H,1-5H2;7-8H,1-6H2. The first-order chi connectivity index (χ1) is 50.4. The second-order valence-electron chi connectivity index (χ2n) is 32.9. The average molecular weight is 1500 g/mol. The summed E-state index contributed by atoms with van der Waals surface area (Å²) in [6, 6.07) is 25.0. The van der Waals surface area contributed by atoms with E-state index in [1.165, 1.54) is 284 Å². The van der Waals surface area contributed by atoms with Crippen LogP contribution >= 0.6 is 39.1 Å². The molecule has 0 amide bonds. The number of alkyl halides is 1. The Labute approximate surface area is 637 Å². The molecule has 7 nitrogen and oxygen atoms in total. The molecule has 0 heterocycles. The number of fused-ring (bicyclic) bond motifs is 13. The molecule has 0 atom stereocenters. The number of carboxylic acids is 1. The Balaban J connectivity index is 0.000000103. The monoisotopic (exact) mass is 1500 g/mol. The Kier molecular flexibility index (Phi) is 23.9. The Bertz CT molecular complexity index is 4220. The minimum Gasteiger partial charge on any atom is -0.481 e. The Hall–Kier alpha value is -6.45. The van der Waals surface area contributed by atoms with Crippen LogP contribution in [-0.2, 0) is 199 Å². The minimum atomic E-state index is -0.686. The number of Topliss-reactive ketones (excluding diaryl/α,β-unsaturated/α-hetero) is 2. The third kappa shape index (κ3) is 17.1. The lowest BCUT2D eigenvalue weighted by Crippen LogP contribution is -2.25. The van der Waals surface area contributed by atoms with Crippen LogP contribution < -0.4 is 0 Å². The van der Waals surface area contributed by atoms with E-state index in [9.17, 15) is 24.0 Å². The summed E-state index contributed by atoms with van der Waals surface area (Å²) in [5, 5.41) is 8.82. The van der Waals surface area contributed by atoms with Crippen LogP contribution in [0.2, 0.25) is 0 Å². The van der Waals surface area contributed by atoms with Gasteiger partial charge in [-0.15, -0.1) is 11.6 Å². The van der Waals surface area contributed by atoms with Crippen molar-refractivity contribution in [2.24, 2.45) is 0 Å². The molecule has 13 aliphatic carbocycles. The predicted octanol–water partition coefficient (Wildman–Crippen LogP) is 20.2. The lowest BCUT2D eigenvalue weighted by Gasteiger charge is -2.21. The molecule has 0 saturated carbocycles. The normalized spacial score (nSPS) is 17.4. The van der Waals surface area contributed by atoms with Gasteiger partial charge in [-0.25, -0.2) is 0 Å². The number of carbonyl (C=O) groups excluding carboxylic acids is 4. The lowest BCUT2D eigenvalue weighted by atomic mass is 9.92. The predicted molar refractivity (Wildman–Crippen MR) is 425 cm³/mol. The Morgan fingerprint density at radius 1 is 0.375 bits per heavy atom. The molecular weight excluding hydrogens is 1390 g/mol. The zero-order chi connectivity index (χ0) is 72.2. The van der Waals surface area contributed by atoms with E-state index >= 15 is 0 Å². The second-order valence-corrected chi connectivity index (χ2v) is 34.5. The average Bonchev–Trinajstić information content (AvgIpc) is 1.63. The van der Waals surface area contributed by atoms with Crippen molar-refractivity contribution in [3.63, 3.8) is 0 Å². The van der Waals surface area contributed by atoms with Gasteiger partial charge in [-0.05, 0) is 438 Å². The largest absolute Gasteiger partial charge is 0.481 e. The van der Waals surface area contributed by atoms with Crippen LogP contribution in [0.25, 0.3) is 0 Å². The van der Waals surface area contributed by atoms with Crippen molar-refractivity contribution in [2.75, 3.05) is 5.88 Å². The number of esters is 1. The summed E-state index contributed by atoms with van der Waals surface area (Å²) >= 11 is 14.9. The second kappa shape index (κ2) is 33.4. The molecule has 0 radical (unpaired) electrons. The van der Waals surface area contributed by atoms with E-state index < -0.39 is 11.6 Å². The molecule has 0 bridgehead atoms. The highest BCUT2D eigenvalue weighted by molar-refractivity contribution is 9.10. The highest BCUT2D eigenvalue weighted by Crippen LogP contribution is 2.42. The number of rotatable bonds is 9. The summed E-state index contributed by atoms with van der Waals surface area (Å²) in [7, 11) is 0. The van der Waals surface area contributed by atoms with Gasteiger partial charge < -0.3 is 9.84 Å². The first-order valence-electron chi connectivity index (χ1n) is 40.3. The van der Waals surface area contributed by atoms with Crippen LogP contribution in [0.3, 0.4) is 0 Å². The highest BCUT2D eigenvalue weighted by Gasteiger charge is 2.31. The van der Waals surface area contributed by atoms with Gasteiger partial charge in [-0.1, -0.05) is 70.5 Å². The van der Waals surface area contributed by atoms with E-state index in [0.29, 0.717) is 30.9 Å². The SMILES string of the molecule is Brc1c2c(cc3c1CCC3)CCC2.CC(C)(C)OC(=O)Cc1c2c(cc3c1CCC3)CCC2.O=C(CCCl)c1ccc2c(c1)CCC2.O=C(Cl)Cc1c2c(cc3c1CCC3)CCC2.O=C(O)Cc1c2c(cc3c1CCC3)CCC2.O=C1CCc2cc3c(cc21)CCC3.c1c2c(cc3c1CCC3)CCC2. The molecule has 0 fully saturated rings. The molecule has 13 aliphatic rings. The number of ketones is 2. The number of halogens is 3. The van der Waals surface area contributed by atoms with Crippen LogP contribution in [-0.4, -0.2) is 45.3 Å². The van der Waals surface area contributed by atoms with Gasteiger partial charge in [0.2, 0.25) is 5.24 Å². The summed E-state index contributed by atoms with van der Waals surface area (Å²) in [4.78, 5) is 57.4. The van der Waals surface area contributed by atoms with Crippen LogP contribution in [0.15, 0.2) is 71.2 Å². The molecule has 0 saturated heterocycles. The maximum Gasteiger partial charge on any atom is 0.310 e. The Morgan fingerprint density at radius 3 is 1.06 bits per heavy atom. The van der Waals surface area contributed by atoms with Gasteiger partial charge in [0.25, 0.3) is 0 Å². The third-order valence-corrected chi connectivity index (χ3v) is 26.1. The molecule has 20 rings (SSSR count). The van der Waals surface area contributed by atoms with Crippen LogP contribution in [0.5, 0.6) is 0 Å². The minimum absolute atomic E-state index is 0.0769. The molecule has 7 aromatic rings. The fraction of sp³-hybridized carbons (Fsp3) is 0.500. The number of hydrogen-bond donors (Lipinski definition) is 1. The molecule has 546 valence electrons. The van der Waals surface area contributed by atoms with E-state index in [4.69, 9.17) is 33.0 Å². The molecule has 10 heteroatoms. The smallest absolute Gasteiger partial charge is 0.310 e. The maximum atomic E-state index is 12.2. The van der Waals surface area contributed by atoms with Crippen LogP contribution in [0.1, 0.15) is 287 Å². The van der Waals surface area contributed by atoms with Crippen molar-refractivity contribution in [3.8, 4) is 0 Å². The number of carboxylic acid groups (broad SMARTS) is 1. The first kappa shape index (κ1) is 74.4. The number of benzene rings is 7. The zero-order valence-corrected chi connectivity index (χ0v) is 65.4. The summed E-state index contributed by atoms with van der Waals surface area (Å²) in [5.41, 5.74) is 42.5. The summed E-state index contributed by atoms with van der Waals surface area (Å²) in [5.74, 6) is 0.163. The molecular formula is C94H107BrCl2O7. The van der Waals surface area contributed by atoms with Gasteiger partial charge in [0.1, 0.15) is 5.60 Å². The number of carbonyl (C=O) groups is 5. The lowest BCUT2D eigenvalue weighted by molar-refractivity contribution is -0.154. The number of ether oxygens (including phenoxy) is 1. The van der Waals surface area contributed by atoms with Crippen molar-refractivity contribution < 1.29 is 33.8 Å². The molecule has 104 heavy (non-hydrogen) atoms. The van der Waals surface area contributed by atoms with E-state index in [2.05, 4.69) is 70.5 Å². The van der Waals surface area contributed by atoms with Crippen LogP contribution in [0, 0.1) is 0 Å². The van der Waals surface area contributed by atoms with Gasteiger partial charge in [-0.3, -0.25) is 24.0 Å². The molecule has 0 unspecified atom stereocenters. The molecule has 0 aliphatic heterocycles. The molecule has 0 aromatic heterocycles. The zero-order valence-electron chi connectivity index (χ0n) is 62.3. The number of aliphatic carboxylic acids is 1. The van der Waals surface area contributed by atoms with Crippen molar-refractivity contribution in [1.82, 2.24) is 0 Å². The summed E-state index contributed by atoms with van der Waals surface area (Å²) in [6.07, 6.45) is 47.6. The fourth-order valence-corrected chi connectivity index (χ4v) is 21.4. The fourth-order valence-electron chi connectivity index (χ4n) is 20.2. The van der Waals surface area contributed by atoms with Gasteiger partial charge in [0.15, 0.2) is 11.6 Å². The van der Waals surface area contributed by atoms with Gasteiger partial charge in [0, 0.05) is 40.7 Å². The van der Waals surface area contributed by atoms with E-state index in [1.807, 2.05) is 32.9 Å². The van der Waals surface area contributed by atoms with E-state index in [-0.39, 0.29) is 23.4 Å². The highest BCUT2D eigenvalue weighted by atomic mass is 79.9. The van der Waals surface area contributed by atoms with Gasteiger partial charge in [0.05, 0.1) is 12.8 Å². The molecule has 7 aromatic carbocycles. The summed E-state index contributed by atoms with van der Waals surface area (Å²) in [6.45, 7) is 5.81. The van der Waals surface area contributed by atoms with Crippen molar-refractivity contribution in [1.29, 1.82) is 0 Å². The number of hydrogen-bond acceptors (Lipinski definition) is 6. The van der Waals surface area contributed by atoms with Crippen molar-refractivity contribution in [3.05, 3.63) is 238 Å². The van der Waals surface area contributed by atoms with Gasteiger partial charge >= 0.3 is 11.9 Å². The van der Waals surface area contributed by atoms with Gasteiger partial charge in [-0.2, -0.15) is 0 Å². The molecule has 1 N–H and O–H groups in total. The van der Waals surface area contributed by atoms with E-state index in [1.54, 1.807) is 44.5 Å². The summed E-state index contributed by atoms with van der Waals surface area (Å²) < 4.78 is 6.98. The number of aryl methyl sites for hydroxylation is 17. The first-order valence-corrected chi connectivity index (χ1v) is 42.0. The van der Waals surface area contributed by atoms with Crippen molar-refractivity contribution >= 4 is 67.9 Å². The maximum absolute atomic E-state index is 12.2. The topological polar surface area (TPSA) is 115 Å².